The summed E-state index contributed by atoms with van der Waals surface area (Å²) < 4.78 is 3.55. The third-order valence-electron chi connectivity index (χ3n) is 5.63. The van der Waals surface area contributed by atoms with Gasteiger partial charge in [0, 0.05) is 30.4 Å². The minimum absolute atomic E-state index is 0.232. The fraction of sp³-hybridized carbons (Fsp3) is 0.333. The largest absolute Gasteiger partial charge is 0.306 e. The second kappa shape index (κ2) is 7.88. The van der Waals surface area contributed by atoms with E-state index in [2.05, 4.69) is 42.6 Å². The van der Waals surface area contributed by atoms with Crippen molar-refractivity contribution in [2.24, 2.45) is 7.05 Å². The van der Waals surface area contributed by atoms with Crippen molar-refractivity contribution < 1.29 is 4.79 Å². The number of amides is 1. The number of piperidine rings is 1. The van der Waals surface area contributed by atoms with Crippen LogP contribution in [0.15, 0.2) is 43.1 Å². The van der Waals surface area contributed by atoms with Crippen LogP contribution >= 0.6 is 0 Å². The van der Waals surface area contributed by atoms with Gasteiger partial charge in [0.05, 0.1) is 35.7 Å². The zero-order valence-corrected chi connectivity index (χ0v) is 17.4. The Hall–Kier alpha value is -3.66. The number of likely N-dealkylation sites (tertiary alicyclic amines) is 1. The van der Waals surface area contributed by atoms with Gasteiger partial charge in [0.1, 0.15) is 11.5 Å². The lowest BCUT2D eigenvalue weighted by molar-refractivity contribution is 0.102. The number of fused-ring (bicyclic) bond motifs is 1. The highest BCUT2D eigenvalue weighted by atomic mass is 16.1. The maximum absolute atomic E-state index is 12.7. The van der Waals surface area contributed by atoms with E-state index < -0.39 is 0 Å². The Kier molecular flexibility index (Phi) is 4.91. The van der Waals surface area contributed by atoms with Gasteiger partial charge in [0.2, 0.25) is 0 Å². The maximum Gasteiger partial charge on any atom is 0.260 e. The van der Waals surface area contributed by atoms with E-state index >= 15 is 0 Å². The number of nitrogens with one attached hydrogen (secondary N) is 1. The van der Waals surface area contributed by atoms with Gasteiger partial charge in [-0.3, -0.25) is 19.1 Å². The smallest absolute Gasteiger partial charge is 0.260 e. The number of hydrogen-bond donors (Lipinski definition) is 1. The van der Waals surface area contributed by atoms with Gasteiger partial charge in [0.15, 0.2) is 0 Å². The molecule has 10 heteroatoms. The third kappa shape index (κ3) is 4.02. The number of rotatable bonds is 4. The van der Waals surface area contributed by atoms with Gasteiger partial charge in [-0.1, -0.05) is 5.21 Å². The molecule has 1 aliphatic rings. The number of carbonyl (C=O) groups excluding carboxylic acids is 1. The van der Waals surface area contributed by atoms with E-state index in [9.17, 15) is 4.79 Å². The minimum Gasteiger partial charge on any atom is -0.306 e. The van der Waals surface area contributed by atoms with E-state index in [1.54, 1.807) is 23.3 Å². The highest BCUT2D eigenvalue weighted by Crippen LogP contribution is 2.23. The Labute approximate surface area is 178 Å². The van der Waals surface area contributed by atoms with Gasteiger partial charge < -0.3 is 10.2 Å². The summed E-state index contributed by atoms with van der Waals surface area (Å²) in [5.74, 6) is 0.228. The van der Waals surface area contributed by atoms with Gasteiger partial charge >= 0.3 is 0 Å². The highest BCUT2D eigenvalue weighted by molar-refractivity contribution is 6.04. The number of anilines is 1. The van der Waals surface area contributed by atoms with Crippen molar-refractivity contribution in [2.45, 2.75) is 18.9 Å². The zero-order chi connectivity index (χ0) is 21.4. The average Bonchev–Trinajstić information content (AvgIpc) is 3.43. The Morgan fingerprint density at radius 2 is 1.90 bits per heavy atom. The van der Waals surface area contributed by atoms with Crippen LogP contribution in [0.4, 0.5) is 5.82 Å². The summed E-state index contributed by atoms with van der Waals surface area (Å²) in [5.41, 5.74) is 2.84. The first-order valence-corrected chi connectivity index (χ1v) is 10.2. The van der Waals surface area contributed by atoms with Crippen LogP contribution in [0.5, 0.6) is 0 Å². The molecular formula is C21H23N9O. The van der Waals surface area contributed by atoms with Gasteiger partial charge in [-0.25, -0.2) is 4.98 Å². The zero-order valence-electron chi connectivity index (χ0n) is 17.4. The number of carbonyl (C=O) groups is 1. The fourth-order valence-corrected chi connectivity index (χ4v) is 3.82. The number of nitrogens with zero attached hydrogens (tertiary/aromatic N) is 8. The van der Waals surface area contributed by atoms with Gasteiger partial charge in [-0.2, -0.15) is 5.10 Å². The van der Waals surface area contributed by atoms with Gasteiger partial charge in [-0.15, -0.1) is 5.10 Å². The average molecular weight is 417 g/mol. The van der Waals surface area contributed by atoms with E-state index in [1.165, 1.54) is 0 Å². The number of aromatic nitrogens is 7. The summed E-state index contributed by atoms with van der Waals surface area (Å²) in [5, 5.41) is 16.2. The van der Waals surface area contributed by atoms with Crippen molar-refractivity contribution in [1.29, 1.82) is 0 Å². The molecule has 0 radical (unpaired) electrons. The summed E-state index contributed by atoms with van der Waals surface area (Å²) >= 11 is 0. The predicted octanol–water partition coefficient (Wildman–Crippen LogP) is 2.14. The van der Waals surface area contributed by atoms with Gasteiger partial charge in [0.25, 0.3) is 5.91 Å². The molecule has 4 aromatic heterocycles. The highest BCUT2D eigenvalue weighted by Gasteiger charge is 2.20. The number of pyridine rings is 2. The molecule has 1 aliphatic heterocycles. The summed E-state index contributed by atoms with van der Waals surface area (Å²) in [6, 6.07) is 4.10. The van der Waals surface area contributed by atoms with Crippen molar-refractivity contribution in [3.63, 3.8) is 0 Å². The summed E-state index contributed by atoms with van der Waals surface area (Å²) in [7, 11) is 3.94. The molecule has 1 amide bonds. The van der Waals surface area contributed by atoms with Gasteiger partial charge in [-0.05, 0) is 45.1 Å². The van der Waals surface area contributed by atoms with Crippen LogP contribution in [0.3, 0.4) is 0 Å². The van der Waals surface area contributed by atoms with Crippen LogP contribution in [-0.2, 0) is 7.05 Å². The molecule has 10 nitrogen and oxygen atoms in total. The standard InChI is InChI=1S/C21H23N9O/c1-28-5-3-17(4-6-28)30-12-16(10-24-30)21(31)25-20-8-14-7-15(9-22-18(14)11-23-20)19-13-29(2)27-26-19/h7-13,17H,3-6H2,1-2H3,(H,23,25,31). The Morgan fingerprint density at radius 3 is 2.68 bits per heavy atom. The SMILES string of the molecule is CN1CCC(n2cc(C(=O)Nc3cc4cc(-c5cn(C)nn5)cnc4cn3)cn2)CC1. The van der Waals surface area contributed by atoms with Crippen LogP contribution in [0.2, 0.25) is 0 Å². The third-order valence-corrected chi connectivity index (χ3v) is 5.63. The van der Waals surface area contributed by atoms with Crippen LogP contribution in [-0.4, -0.2) is 65.7 Å². The molecule has 158 valence electrons. The van der Waals surface area contributed by atoms with Crippen molar-refractivity contribution >= 4 is 22.6 Å². The van der Waals surface area contributed by atoms with Crippen LogP contribution in [0.25, 0.3) is 22.2 Å². The molecule has 0 saturated carbocycles. The van der Waals surface area contributed by atoms with Crippen LogP contribution < -0.4 is 5.32 Å². The molecule has 0 atom stereocenters. The molecule has 1 fully saturated rings. The molecule has 31 heavy (non-hydrogen) atoms. The first kappa shape index (κ1) is 19.3. The van der Waals surface area contributed by atoms with Crippen molar-refractivity contribution in [2.75, 3.05) is 25.5 Å². The molecule has 4 aromatic rings. The molecule has 0 spiro atoms. The van der Waals surface area contributed by atoms with Crippen molar-refractivity contribution in [3.05, 3.63) is 48.7 Å². The summed E-state index contributed by atoms with van der Waals surface area (Å²) in [6.07, 6.45) is 10.7. The van der Waals surface area contributed by atoms with E-state index in [1.807, 2.05) is 36.3 Å². The molecule has 5 rings (SSSR count). The molecule has 5 heterocycles. The minimum atomic E-state index is -0.232. The normalized spacial score (nSPS) is 15.4. The van der Waals surface area contributed by atoms with E-state index in [-0.39, 0.29) is 5.91 Å². The lowest BCUT2D eigenvalue weighted by Crippen LogP contribution is -2.31. The predicted molar refractivity (Wildman–Crippen MR) is 115 cm³/mol. The summed E-state index contributed by atoms with van der Waals surface area (Å²) in [4.78, 5) is 23.8. The molecule has 0 unspecified atom stereocenters. The maximum atomic E-state index is 12.7. The van der Waals surface area contributed by atoms with Crippen molar-refractivity contribution in [1.82, 2.24) is 39.6 Å². The Bertz CT molecular complexity index is 1240. The van der Waals surface area contributed by atoms with E-state index in [0.29, 0.717) is 17.4 Å². The van der Waals surface area contributed by atoms with E-state index in [4.69, 9.17) is 0 Å². The van der Waals surface area contributed by atoms with E-state index in [0.717, 1.165) is 48.1 Å². The first-order valence-electron chi connectivity index (χ1n) is 10.2. The first-order chi connectivity index (χ1) is 15.0. The molecule has 0 aromatic carbocycles. The lowest BCUT2D eigenvalue weighted by Gasteiger charge is -2.28. The Morgan fingerprint density at radius 1 is 1.06 bits per heavy atom. The molecule has 0 bridgehead atoms. The molecule has 1 N–H and O–H groups in total. The van der Waals surface area contributed by atoms with Crippen LogP contribution in [0, 0.1) is 0 Å². The monoisotopic (exact) mass is 417 g/mol. The summed E-state index contributed by atoms with van der Waals surface area (Å²) in [6.45, 7) is 2.08. The topological polar surface area (TPSA) is 107 Å². The number of hydrogen-bond acceptors (Lipinski definition) is 7. The van der Waals surface area contributed by atoms with Crippen LogP contribution in [0.1, 0.15) is 29.2 Å². The Balaban J connectivity index is 1.33. The van der Waals surface area contributed by atoms with Crippen molar-refractivity contribution in [3.8, 4) is 11.3 Å². The molecule has 0 aliphatic carbocycles. The second-order valence-electron chi connectivity index (χ2n) is 7.96. The molecular weight excluding hydrogens is 394 g/mol. The quantitative estimate of drug-likeness (QED) is 0.542. The fourth-order valence-electron chi connectivity index (χ4n) is 3.82. The lowest BCUT2D eigenvalue weighted by atomic mass is 10.1. The second-order valence-corrected chi connectivity index (χ2v) is 7.96. The molecule has 1 saturated heterocycles. The number of aryl methyl sites for hydroxylation is 1.